The lowest BCUT2D eigenvalue weighted by atomic mass is 10.1. The average Bonchev–Trinajstić information content (AvgIpc) is 2.40. The van der Waals surface area contributed by atoms with Gasteiger partial charge in [-0.25, -0.2) is 13.2 Å². The molecule has 0 saturated carbocycles. The van der Waals surface area contributed by atoms with Crippen LogP contribution in [0.15, 0.2) is 36.4 Å². The standard InChI is InChI=1S/C15H14F3NO/c16-12-6-10(4-5-19)7-13(8-12)20-9-11-2-1-3-14(17)15(11)18/h1-3,6-8H,4-5,9,19H2. The Balaban J connectivity index is 2.12. The second-order valence-electron chi connectivity index (χ2n) is 4.34. The molecule has 0 bridgehead atoms. The third-order valence-corrected chi connectivity index (χ3v) is 2.79. The van der Waals surface area contributed by atoms with Gasteiger partial charge in [0.05, 0.1) is 0 Å². The molecule has 106 valence electrons. The topological polar surface area (TPSA) is 35.2 Å². The molecule has 2 nitrogen and oxygen atoms in total. The van der Waals surface area contributed by atoms with Crippen LogP contribution in [0.3, 0.4) is 0 Å². The molecule has 2 N–H and O–H groups in total. The normalized spacial score (nSPS) is 10.6. The van der Waals surface area contributed by atoms with Crippen LogP contribution in [-0.4, -0.2) is 6.54 Å². The first-order valence-corrected chi connectivity index (χ1v) is 6.15. The molecule has 0 spiro atoms. The van der Waals surface area contributed by atoms with Gasteiger partial charge in [0.25, 0.3) is 0 Å². The van der Waals surface area contributed by atoms with Gasteiger partial charge in [0.1, 0.15) is 18.2 Å². The number of nitrogens with two attached hydrogens (primary N) is 1. The number of ether oxygens (including phenoxy) is 1. The summed E-state index contributed by atoms with van der Waals surface area (Å²) in [5.41, 5.74) is 6.18. The van der Waals surface area contributed by atoms with E-state index in [1.165, 1.54) is 24.3 Å². The zero-order chi connectivity index (χ0) is 14.5. The summed E-state index contributed by atoms with van der Waals surface area (Å²) < 4.78 is 45.1. The van der Waals surface area contributed by atoms with Gasteiger partial charge in [-0.15, -0.1) is 0 Å². The SMILES string of the molecule is NCCc1cc(F)cc(OCc2cccc(F)c2F)c1. The molecule has 0 saturated heterocycles. The molecule has 0 aliphatic heterocycles. The Morgan fingerprint density at radius 3 is 2.60 bits per heavy atom. The van der Waals surface area contributed by atoms with E-state index < -0.39 is 17.5 Å². The van der Waals surface area contributed by atoms with E-state index in [0.717, 1.165) is 6.07 Å². The lowest BCUT2D eigenvalue weighted by molar-refractivity contribution is 0.295. The molecule has 0 aliphatic rings. The largest absolute Gasteiger partial charge is 0.489 e. The lowest BCUT2D eigenvalue weighted by Crippen LogP contribution is -2.04. The van der Waals surface area contributed by atoms with Crippen LogP contribution in [-0.2, 0) is 13.0 Å². The van der Waals surface area contributed by atoms with Gasteiger partial charge in [0, 0.05) is 11.6 Å². The summed E-state index contributed by atoms with van der Waals surface area (Å²) in [6, 6.07) is 8.02. The molecule has 5 heteroatoms. The first kappa shape index (κ1) is 14.4. The second-order valence-corrected chi connectivity index (χ2v) is 4.34. The minimum absolute atomic E-state index is 0.0784. The molecule has 2 aromatic rings. The van der Waals surface area contributed by atoms with Crippen molar-refractivity contribution >= 4 is 0 Å². The highest BCUT2D eigenvalue weighted by Crippen LogP contribution is 2.19. The number of hydrogen-bond acceptors (Lipinski definition) is 2. The van der Waals surface area contributed by atoms with Gasteiger partial charge >= 0.3 is 0 Å². The number of benzene rings is 2. The van der Waals surface area contributed by atoms with Gasteiger partial charge in [0.2, 0.25) is 0 Å². The van der Waals surface area contributed by atoms with Crippen LogP contribution in [0.4, 0.5) is 13.2 Å². The average molecular weight is 281 g/mol. The van der Waals surface area contributed by atoms with Gasteiger partial charge in [-0.2, -0.15) is 0 Å². The van der Waals surface area contributed by atoms with Gasteiger partial charge in [-0.1, -0.05) is 12.1 Å². The molecule has 0 aromatic heterocycles. The van der Waals surface area contributed by atoms with Crippen molar-refractivity contribution in [3.8, 4) is 5.75 Å². The van der Waals surface area contributed by atoms with Gasteiger partial charge in [-0.3, -0.25) is 0 Å². The van der Waals surface area contributed by atoms with Crippen LogP contribution in [0.25, 0.3) is 0 Å². The predicted octanol–water partition coefficient (Wildman–Crippen LogP) is 3.18. The smallest absolute Gasteiger partial charge is 0.165 e. The summed E-state index contributed by atoms with van der Waals surface area (Å²) in [7, 11) is 0. The van der Waals surface area contributed by atoms with Gasteiger partial charge in [-0.05, 0) is 36.7 Å². The van der Waals surface area contributed by atoms with Crippen LogP contribution in [0.1, 0.15) is 11.1 Å². The molecule has 0 fully saturated rings. The van der Waals surface area contributed by atoms with E-state index in [1.54, 1.807) is 6.07 Å². The Kier molecular flexibility index (Phi) is 4.63. The Bertz CT molecular complexity index is 602. The molecule has 0 amide bonds. The fourth-order valence-corrected chi connectivity index (χ4v) is 1.84. The van der Waals surface area contributed by atoms with Crippen molar-refractivity contribution in [3.63, 3.8) is 0 Å². The molecular formula is C15H14F3NO. The molecule has 0 heterocycles. The molecule has 0 aliphatic carbocycles. The molecule has 2 rings (SSSR count). The maximum absolute atomic E-state index is 13.4. The lowest BCUT2D eigenvalue weighted by Gasteiger charge is -2.09. The Hall–Kier alpha value is -2.01. The van der Waals surface area contributed by atoms with Crippen LogP contribution < -0.4 is 10.5 Å². The van der Waals surface area contributed by atoms with Crippen LogP contribution >= 0.6 is 0 Å². The minimum Gasteiger partial charge on any atom is -0.489 e. The Labute approximate surface area is 115 Å². The molecule has 2 aromatic carbocycles. The van der Waals surface area contributed by atoms with Crippen LogP contribution in [0, 0.1) is 17.5 Å². The van der Waals surface area contributed by atoms with E-state index >= 15 is 0 Å². The van der Waals surface area contributed by atoms with Crippen molar-refractivity contribution < 1.29 is 17.9 Å². The van der Waals surface area contributed by atoms with Crippen molar-refractivity contribution in [2.24, 2.45) is 5.73 Å². The highest BCUT2D eigenvalue weighted by Gasteiger charge is 2.09. The first-order chi connectivity index (χ1) is 9.60. The highest BCUT2D eigenvalue weighted by molar-refractivity contribution is 5.30. The summed E-state index contributed by atoms with van der Waals surface area (Å²) in [5.74, 6) is -2.08. The van der Waals surface area contributed by atoms with Crippen molar-refractivity contribution in [1.29, 1.82) is 0 Å². The van der Waals surface area contributed by atoms with Crippen LogP contribution in [0.2, 0.25) is 0 Å². The summed E-state index contributed by atoms with van der Waals surface area (Å²) in [4.78, 5) is 0. The van der Waals surface area contributed by atoms with Crippen molar-refractivity contribution in [1.82, 2.24) is 0 Å². The Morgan fingerprint density at radius 1 is 1.05 bits per heavy atom. The molecular weight excluding hydrogens is 267 g/mol. The second kappa shape index (κ2) is 6.43. The zero-order valence-corrected chi connectivity index (χ0v) is 10.7. The van der Waals surface area contributed by atoms with Crippen molar-refractivity contribution in [3.05, 3.63) is 65.0 Å². The van der Waals surface area contributed by atoms with Gasteiger partial charge < -0.3 is 10.5 Å². The van der Waals surface area contributed by atoms with E-state index in [1.807, 2.05) is 0 Å². The van der Waals surface area contributed by atoms with E-state index in [9.17, 15) is 13.2 Å². The van der Waals surface area contributed by atoms with Gasteiger partial charge in [0.15, 0.2) is 11.6 Å². The number of hydrogen-bond donors (Lipinski definition) is 1. The predicted molar refractivity (Wildman–Crippen MR) is 69.8 cm³/mol. The summed E-state index contributed by atoms with van der Waals surface area (Å²) >= 11 is 0. The number of halogens is 3. The fourth-order valence-electron chi connectivity index (χ4n) is 1.84. The maximum Gasteiger partial charge on any atom is 0.165 e. The number of rotatable bonds is 5. The first-order valence-electron chi connectivity index (χ1n) is 6.15. The van der Waals surface area contributed by atoms with E-state index in [4.69, 9.17) is 10.5 Å². The fraction of sp³-hybridized carbons (Fsp3) is 0.200. The third-order valence-electron chi connectivity index (χ3n) is 2.79. The Morgan fingerprint density at radius 2 is 1.85 bits per heavy atom. The van der Waals surface area contributed by atoms with E-state index in [2.05, 4.69) is 0 Å². The van der Waals surface area contributed by atoms with Crippen LogP contribution in [0.5, 0.6) is 5.75 Å². The summed E-state index contributed by atoms with van der Waals surface area (Å²) in [5, 5.41) is 0. The third kappa shape index (κ3) is 3.51. The van der Waals surface area contributed by atoms with Crippen molar-refractivity contribution in [2.75, 3.05) is 6.54 Å². The zero-order valence-electron chi connectivity index (χ0n) is 10.7. The molecule has 0 radical (unpaired) electrons. The highest BCUT2D eigenvalue weighted by atomic mass is 19.2. The van der Waals surface area contributed by atoms with E-state index in [-0.39, 0.29) is 17.9 Å². The molecule has 0 atom stereocenters. The minimum atomic E-state index is -0.953. The molecule has 20 heavy (non-hydrogen) atoms. The van der Waals surface area contributed by atoms with E-state index in [0.29, 0.717) is 18.5 Å². The van der Waals surface area contributed by atoms with Crippen molar-refractivity contribution in [2.45, 2.75) is 13.0 Å². The maximum atomic E-state index is 13.4. The summed E-state index contributed by atoms with van der Waals surface area (Å²) in [6.07, 6.45) is 0.516. The quantitative estimate of drug-likeness (QED) is 0.913. The monoisotopic (exact) mass is 281 g/mol. The summed E-state index contributed by atoms with van der Waals surface area (Å²) in [6.45, 7) is 0.219. The molecule has 0 unspecified atom stereocenters.